The van der Waals surface area contributed by atoms with Gasteiger partial charge in [-0.1, -0.05) is 25.1 Å². The number of hydrogen-bond donors (Lipinski definition) is 2. The topological polar surface area (TPSA) is 84.5 Å². The molecular formula is C19H21F3N2O4S. The lowest BCUT2D eigenvalue weighted by atomic mass is 10.2. The molecule has 0 atom stereocenters. The molecule has 0 heterocycles. The van der Waals surface area contributed by atoms with Crippen LogP contribution in [0.5, 0.6) is 5.75 Å². The van der Waals surface area contributed by atoms with Gasteiger partial charge in [0.1, 0.15) is 5.75 Å². The molecule has 0 aromatic heterocycles. The van der Waals surface area contributed by atoms with Crippen LogP contribution in [0.1, 0.15) is 24.5 Å². The number of benzene rings is 2. The fraction of sp³-hybridized carbons (Fsp3) is 0.316. The second-order valence-corrected chi connectivity index (χ2v) is 7.89. The Hall–Kier alpha value is -2.59. The molecule has 1 amide bonds. The predicted molar refractivity (Wildman–Crippen MR) is 101 cm³/mol. The van der Waals surface area contributed by atoms with Gasteiger partial charge in [-0.15, -0.1) is 0 Å². The van der Waals surface area contributed by atoms with E-state index in [1.807, 2.05) is 11.6 Å². The van der Waals surface area contributed by atoms with E-state index in [4.69, 9.17) is 4.74 Å². The number of alkyl halides is 3. The van der Waals surface area contributed by atoms with E-state index in [9.17, 15) is 26.4 Å². The summed E-state index contributed by atoms with van der Waals surface area (Å²) in [4.78, 5) is 11.4. The first-order valence-corrected chi connectivity index (χ1v) is 10.3. The van der Waals surface area contributed by atoms with Gasteiger partial charge in [-0.25, -0.2) is 13.1 Å². The number of halogens is 3. The Morgan fingerprint density at radius 1 is 1.10 bits per heavy atom. The Morgan fingerprint density at radius 2 is 1.83 bits per heavy atom. The van der Waals surface area contributed by atoms with Gasteiger partial charge in [0, 0.05) is 6.54 Å². The minimum atomic E-state index is -4.67. The molecule has 10 heteroatoms. The molecule has 0 radical (unpaired) electrons. The molecule has 0 bridgehead atoms. The van der Waals surface area contributed by atoms with Gasteiger partial charge in [-0.2, -0.15) is 13.2 Å². The van der Waals surface area contributed by atoms with Crippen LogP contribution in [0.3, 0.4) is 0 Å². The van der Waals surface area contributed by atoms with Crippen LogP contribution in [0.2, 0.25) is 0 Å². The van der Waals surface area contributed by atoms with Crippen LogP contribution in [-0.4, -0.2) is 27.5 Å². The molecule has 0 aliphatic carbocycles. The zero-order valence-corrected chi connectivity index (χ0v) is 16.4. The number of ether oxygens (including phenoxy) is 1. The largest absolute Gasteiger partial charge is 0.494 e. The SMILES string of the molecule is CCCOc1cccc(CNC(=O)CNS(=O)(=O)c2cccc(C(F)(F)F)c2)c1. The lowest BCUT2D eigenvalue weighted by Crippen LogP contribution is -2.36. The summed E-state index contributed by atoms with van der Waals surface area (Å²) in [6.45, 7) is 2.08. The van der Waals surface area contributed by atoms with Gasteiger partial charge in [-0.05, 0) is 42.3 Å². The molecular weight excluding hydrogens is 409 g/mol. The van der Waals surface area contributed by atoms with Crippen molar-refractivity contribution in [1.82, 2.24) is 10.0 Å². The number of rotatable bonds is 9. The van der Waals surface area contributed by atoms with E-state index in [0.29, 0.717) is 18.4 Å². The maximum Gasteiger partial charge on any atom is 0.416 e. The first kappa shape index (κ1) is 22.7. The van der Waals surface area contributed by atoms with Gasteiger partial charge >= 0.3 is 6.18 Å². The van der Waals surface area contributed by atoms with Crippen LogP contribution in [0.25, 0.3) is 0 Å². The Morgan fingerprint density at radius 3 is 2.52 bits per heavy atom. The second-order valence-electron chi connectivity index (χ2n) is 6.12. The minimum Gasteiger partial charge on any atom is -0.494 e. The van der Waals surface area contributed by atoms with E-state index in [2.05, 4.69) is 5.32 Å². The maximum atomic E-state index is 12.7. The molecule has 2 rings (SSSR count). The zero-order valence-electron chi connectivity index (χ0n) is 15.6. The fourth-order valence-corrected chi connectivity index (χ4v) is 3.34. The third kappa shape index (κ3) is 7.06. The number of hydrogen-bond acceptors (Lipinski definition) is 4. The van der Waals surface area contributed by atoms with Gasteiger partial charge in [0.05, 0.1) is 23.6 Å². The second kappa shape index (κ2) is 9.75. The number of nitrogens with one attached hydrogen (secondary N) is 2. The third-order valence-corrected chi connectivity index (χ3v) is 5.15. The van der Waals surface area contributed by atoms with Crippen molar-refractivity contribution in [3.63, 3.8) is 0 Å². The van der Waals surface area contributed by atoms with Gasteiger partial charge in [-0.3, -0.25) is 4.79 Å². The highest BCUT2D eigenvalue weighted by atomic mass is 32.2. The summed E-state index contributed by atoms with van der Waals surface area (Å²) in [6, 6.07) is 10.4. The average molecular weight is 430 g/mol. The van der Waals surface area contributed by atoms with Crippen LogP contribution in [0.15, 0.2) is 53.4 Å². The first-order valence-electron chi connectivity index (χ1n) is 8.77. The summed E-state index contributed by atoms with van der Waals surface area (Å²) in [5, 5.41) is 2.54. The molecule has 0 saturated heterocycles. The lowest BCUT2D eigenvalue weighted by Gasteiger charge is -2.11. The van der Waals surface area contributed by atoms with E-state index in [1.54, 1.807) is 24.3 Å². The molecule has 2 aromatic carbocycles. The molecule has 6 nitrogen and oxygen atoms in total. The smallest absolute Gasteiger partial charge is 0.416 e. The van der Waals surface area contributed by atoms with Gasteiger partial charge in [0.2, 0.25) is 15.9 Å². The Labute approximate surface area is 167 Å². The molecule has 0 fully saturated rings. The van der Waals surface area contributed by atoms with E-state index >= 15 is 0 Å². The molecule has 2 aromatic rings. The number of amides is 1. The molecule has 158 valence electrons. The van der Waals surface area contributed by atoms with Crippen molar-refractivity contribution in [2.45, 2.75) is 31.0 Å². The fourth-order valence-electron chi connectivity index (χ4n) is 2.31. The van der Waals surface area contributed by atoms with Gasteiger partial charge in [0.15, 0.2) is 0 Å². The highest BCUT2D eigenvalue weighted by Gasteiger charge is 2.31. The summed E-state index contributed by atoms with van der Waals surface area (Å²) in [5.74, 6) is 0.0317. The minimum absolute atomic E-state index is 0.146. The first-order chi connectivity index (χ1) is 13.6. The van der Waals surface area contributed by atoms with Crippen LogP contribution >= 0.6 is 0 Å². The van der Waals surface area contributed by atoms with Crippen LogP contribution < -0.4 is 14.8 Å². The third-order valence-electron chi connectivity index (χ3n) is 3.76. The van der Waals surface area contributed by atoms with Crippen molar-refractivity contribution < 1.29 is 31.1 Å². The van der Waals surface area contributed by atoms with Crippen LogP contribution in [0, 0.1) is 0 Å². The average Bonchev–Trinajstić information content (AvgIpc) is 2.69. The van der Waals surface area contributed by atoms with Crippen molar-refractivity contribution in [3.05, 3.63) is 59.7 Å². The van der Waals surface area contributed by atoms with E-state index < -0.39 is 39.1 Å². The predicted octanol–water partition coefficient (Wildman–Crippen LogP) is 3.09. The Kier molecular flexibility index (Phi) is 7.63. The highest BCUT2D eigenvalue weighted by Crippen LogP contribution is 2.30. The quantitative estimate of drug-likeness (QED) is 0.640. The lowest BCUT2D eigenvalue weighted by molar-refractivity contribution is -0.137. The monoisotopic (exact) mass is 430 g/mol. The maximum absolute atomic E-state index is 12.7. The number of carbonyl (C=O) groups excluding carboxylic acids is 1. The molecule has 0 spiro atoms. The standard InChI is InChI=1S/C19H21F3N2O4S/c1-2-9-28-16-7-3-5-14(10-16)12-23-18(25)13-24-29(26,27)17-8-4-6-15(11-17)19(20,21)22/h3-8,10-11,24H,2,9,12-13H2,1H3,(H,23,25). The molecule has 0 aliphatic rings. The zero-order chi connectivity index (χ0) is 21.5. The molecule has 0 aliphatic heterocycles. The molecule has 0 saturated carbocycles. The van der Waals surface area contributed by atoms with Gasteiger partial charge < -0.3 is 10.1 Å². The van der Waals surface area contributed by atoms with E-state index in [1.165, 1.54) is 0 Å². The number of carbonyl (C=O) groups is 1. The summed E-state index contributed by atoms with van der Waals surface area (Å²) in [6.07, 6.45) is -3.81. The Bertz CT molecular complexity index is 946. The van der Waals surface area contributed by atoms with Crippen LogP contribution in [0.4, 0.5) is 13.2 Å². The van der Waals surface area contributed by atoms with Gasteiger partial charge in [0.25, 0.3) is 0 Å². The molecule has 29 heavy (non-hydrogen) atoms. The van der Waals surface area contributed by atoms with Crippen molar-refractivity contribution in [3.8, 4) is 5.75 Å². The normalized spacial score (nSPS) is 11.9. The highest BCUT2D eigenvalue weighted by molar-refractivity contribution is 7.89. The summed E-state index contributed by atoms with van der Waals surface area (Å²) in [5.41, 5.74) is -0.331. The van der Waals surface area contributed by atoms with Crippen molar-refractivity contribution in [1.29, 1.82) is 0 Å². The molecule has 0 unspecified atom stereocenters. The van der Waals surface area contributed by atoms with Crippen molar-refractivity contribution >= 4 is 15.9 Å². The number of sulfonamides is 1. The van der Waals surface area contributed by atoms with Crippen molar-refractivity contribution in [2.24, 2.45) is 0 Å². The van der Waals surface area contributed by atoms with E-state index in [0.717, 1.165) is 30.2 Å². The summed E-state index contributed by atoms with van der Waals surface area (Å²) >= 11 is 0. The van der Waals surface area contributed by atoms with Crippen molar-refractivity contribution in [2.75, 3.05) is 13.2 Å². The van der Waals surface area contributed by atoms with E-state index in [-0.39, 0.29) is 6.54 Å². The summed E-state index contributed by atoms with van der Waals surface area (Å²) in [7, 11) is -4.27. The summed E-state index contributed by atoms with van der Waals surface area (Å²) < 4.78 is 70.0. The Balaban J connectivity index is 1.92. The van der Waals surface area contributed by atoms with Crippen LogP contribution in [-0.2, 0) is 27.5 Å². The molecule has 2 N–H and O–H groups in total.